The molecule has 0 aromatic carbocycles. The molecule has 0 aromatic rings. The predicted octanol–water partition coefficient (Wildman–Crippen LogP) is 1.63. The third kappa shape index (κ3) is 5.12. The fraction of sp³-hybridized carbons (Fsp3) is 0.923. The van der Waals surface area contributed by atoms with Gasteiger partial charge in [0.25, 0.3) is 0 Å². The molecule has 5 heteroatoms. The molecular formula is C13H25ClN2O2. The number of halogens is 1. The first-order chi connectivity index (χ1) is 8.36. The zero-order valence-electron chi connectivity index (χ0n) is 11.0. The summed E-state index contributed by atoms with van der Waals surface area (Å²) in [6, 6.07) is 0.0321. The molecule has 4 nitrogen and oxygen atoms in total. The molecular weight excluding hydrogens is 252 g/mol. The molecule has 1 saturated carbocycles. The molecule has 1 atom stereocenters. The van der Waals surface area contributed by atoms with Gasteiger partial charge >= 0.3 is 0 Å². The van der Waals surface area contributed by atoms with Gasteiger partial charge in [-0.3, -0.25) is 4.79 Å². The summed E-state index contributed by atoms with van der Waals surface area (Å²) in [4.78, 5) is 11.7. The highest BCUT2D eigenvalue weighted by molar-refractivity contribution is 5.85. The van der Waals surface area contributed by atoms with E-state index in [-0.39, 0.29) is 24.4 Å². The average molecular weight is 277 g/mol. The van der Waals surface area contributed by atoms with E-state index in [1.807, 2.05) is 0 Å². The molecule has 0 spiro atoms. The fourth-order valence-corrected chi connectivity index (χ4v) is 2.66. The summed E-state index contributed by atoms with van der Waals surface area (Å²) in [5.74, 6) is 0.134. The molecule has 2 fully saturated rings. The van der Waals surface area contributed by atoms with Crippen LogP contribution in [0.25, 0.3) is 0 Å². The summed E-state index contributed by atoms with van der Waals surface area (Å²) in [5, 5.41) is 6.13. The van der Waals surface area contributed by atoms with Gasteiger partial charge in [-0.25, -0.2) is 0 Å². The van der Waals surface area contributed by atoms with E-state index in [0.717, 1.165) is 19.4 Å². The van der Waals surface area contributed by atoms with Crippen LogP contribution in [0.1, 0.15) is 44.9 Å². The van der Waals surface area contributed by atoms with Crippen LogP contribution < -0.4 is 10.6 Å². The van der Waals surface area contributed by atoms with Crippen molar-refractivity contribution in [3.8, 4) is 0 Å². The highest BCUT2D eigenvalue weighted by atomic mass is 35.5. The number of amides is 1. The van der Waals surface area contributed by atoms with Gasteiger partial charge in [0.1, 0.15) is 0 Å². The quantitative estimate of drug-likeness (QED) is 0.751. The smallest absolute Gasteiger partial charge is 0.237 e. The van der Waals surface area contributed by atoms with E-state index in [1.165, 1.54) is 32.1 Å². The molecule has 1 aliphatic carbocycles. The summed E-state index contributed by atoms with van der Waals surface area (Å²) in [5.41, 5.74) is 0. The topological polar surface area (TPSA) is 50.4 Å². The van der Waals surface area contributed by atoms with E-state index in [4.69, 9.17) is 4.74 Å². The van der Waals surface area contributed by atoms with Gasteiger partial charge in [-0.05, 0) is 32.2 Å². The first kappa shape index (κ1) is 15.7. The molecule has 0 radical (unpaired) electrons. The number of rotatable bonds is 5. The van der Waals surface area contributed by atoms with Gasteiger partial charge < -0.3 is 15.4 Å². The first-order valence-electron chi connectivity index (χ1n) is 6.99. The van der Waals surface area contributed by atoms with Gasteiger partial charge in [-0.15, -0.1) is 12.4 Å². The molecule has 106 valence electrons. The summed E-state index contributed by atoms with van der Waals surface area (Å²) < 4.78 is 5.76. The Morgan fingerprint density at radius 3 is 2.61 bits per heavy atom. The number of hydrogen-bond acceptors (Lipinski definition) is 3. The molecule has 1 amide bonds. The van der Waals surface area contributed by atoms with E-state index in [9.17, 15) is 4.79 Å². The van der Waals surface area contributed by atoms with E-state index < -0.39 is 0 Å². The van der Waals surface area contributed by atoms with Crippen molar-refractivity contribution in [1.29, 1.82) is 0 Å². The molecule has 18 heavy (non-hydrogen) atoms. The SMILES string of the molecule is Cl.O=C(NCCOC1CCCCC1)C1CCCN1. The van der Waals surface area contributed by atoms with E-state index >= 15 is 0 Å². The van der Waals surface area contributed by atoms with Gasteiger partial charge in [0.2, 0.25) is 5.91 Å². The lowest BCUT2D eigenvalue weighted by Crippen LogP contribution is -2.41. The molecule has 2 aliphatic rings. The third-order valence-corrected chi connectivity index (χ3v) is 3.68. The largest absolute Gasteiger partial charge is 0.376 e. The standard InChI is InChI=1S/C13H24N2O2.ClH/c16-13(12-7-4-8-14-12)15-9-10-17-11-5-2-1-3-6-11;/h11-12,14H,1-10H2,(H,15,16);1H. The van der Waals surface area contributed by atoms with Crippen molar-refractivity contribution in [2.24, 2.45) is 0 Å². The lowest BCUT2D eigenvalue weighted by Gasteiger charge is -2.22. The van der Waals surface area contributed by atoms with Gasteiger partial charge in [0.15, 0.2) is 0 Å². The van der Waals surface area contributed by atoms with E-state index in [1.54, 1.807) is 0 Å². The zero-order chi connectivity index (χ0) is 11.9. The first-order valence-corrected chi connectivity index (χ1v) is 6.99. The number of carbonyl (C=O) groups is 1. The van der Waals surface area contributed by atoms with E-state index in [2.05, 4.69) is 10.6 Å². The van der Waals surface area contributed by atoms with Crippen LogP contribution in [-0.4, -0.2) is 37.7 Å². The molecule has 1 heterocycles. The minimum atomic E-state index is 0. The summed E-state index contributed by atoms with van der Waals surface area (Å²) in [6.07, 6.45) is 8.84. The van der Waals surface area contributed by atoms with Crippen molar-refractivity contribution in [2.75, 3.05) is 19.7 Å². The van der Waals surface area contributed by atoms with Crippen molar-refractivity contribution in [3.05, 3.63) is 0 Å². The second-order valence-corrected chi connectivity index (χ2v) is 5.07. The van der Waals surface area contributed by atoms with Crippen molar-refractivity contribution in [1.82, 2.24) is 10.6 Å². The Labute approximate surface area is 116 Å². The number of carbonyl (C=O) groups excluding carboxylic acids is 1. The maximum Gasteiger partial charge on any atom is 0.237 e. The average Bonchev–Trinajstić information content (AvgIpc) is 2.89. The summed E-state index contributed by atoms with van der Waals surface area (Å²) >= 11 is 0. The van der Waals surface area contributed by atoms with Gasteiger partial charge in [0, 0.05) is 6.54 Å². The zero-order valence-corrected chi connectivity index (χ0v) is 11.8. The molecule has 0 bridgehead atoms. The highest BCUT2D eigenvalue weighted by Gasteiger charge is 2.21. The Bertz CT molecular complexity index is 239. The normalized spacial score (nSPS) is 24.6. The third-order valence-electron chi connectivity index (χ3n) is 3.68. The molecule has 2 rings (SSSR count). The Hall–Kier alpha value is -0.320. The van der Waals surface area contributed by atoms with Crippen LogP contribution in [0.3, 0.4) is 0 Å². The van der Waals surface area contributed by atoms with Crippen LogP contribution in [0.15, 0.2) is 0 Å². The summed E-state index contributed by atoms with van der Waals surface area (Å²) in [6.45, 7) is 2.27. The van der Waals surface area contributed by atoms with Crippen molar-refractivity contribution in [2.45, 2.75) is 57.1 Å². The van der Waals surface area contributed by atoms with Crippen molar-refractivity contribution < 1.29 is 9.53 Å². The monoisotopic (exact) mass is 276 g/mol. The van der Waals surface area contributed by atoms with Crippen molar-refractivity contribution >= 4 is 18.3 Å². The Morgan fingerprint density at radius 1 is 1.17 bits per heavy atom. The lowest BCUT2D eigenvalue weighted by atomic mass is 9.98. The number of ether oxygens (including phenoxy) is 1. The van der Waals surface area contributed by atoms with Crippen LogP contribution in [0.2, 0.25) is 0 Å². The Kier molecular flexibility index (Phi) is 7.63. The number of hydrogen-bond donors (Lipinski definition) is 2. The minimum absolute atomic E-state index is 0. The van der Waals surface area contributed by atoms with Gasteiger partial charge in [0.05, 0.1) is 18.8 Å². The van der Waals surface area contributed by atoms with Crippen molar-refractivity contribution in [3.63, 3.8) is 0 Å². The molecule has 1 saturated heterocycles. The lowest BCUT2D eigenvalue weighted by molar-refractivity contribution is -0.123. The van der Waals surface area contributed by atoms with Crippen LogP contribution >= 0.6 is 12.4 Å². The second kappa shape index (κ2) is 8.73. The van der Waals surface area contributed by atoms with Crippen LogP contribution in [-0.2, 0) is 9.53 Å². The molecule has 1 unspecified atom stereocenters. The van der Waals surface area contributed by atoms with Gasteiger partial charge in [-0.1, -0.05) is 19.3 Å². The fourth-order valence-electron chi connectivity index (χ4n) is 2.66. The second-order valence-electron chi connectivity index (χ2n) is 5.07. The van der Waals surface area contributed by atoms with Crippen LogP contribution in [0, 0.1) is 0 Å². The highest BCUT2D eigenvalue weighted by Crippen LogP contribution is 2.19. The van der Waals surface area contributed by atoms with Gasteiger partial charge in [-0.2, -0.15) is 0 Å². The summed E-state index contributed by atoms with van der Waals surface area (Å²) in [7, 11) is 0. The minimum Gasteiger partial charge on any atom is -0.376 e. The molecule has 2 N–H and O–H groups in total. The predicted molar refractivity (Wildman–Crippen MR) is 74.1 cm³/mol. The van der Waals surface area contributed by atoms with Crippen LogP contribution in [0.5, 0.6) is 0 Å². The van der Waals surface area contributed by atoms with Crippen LogP contribution in [0.4, 0.5) is 0 Å². The molecule has 0 aromatic heterocycles. The maximum atomic E-state index is 11.7. The molecule has 1 aliphatic heterocycles. The van der Waals surface area contributed by atoms with E-state index in [0.29, 0.717) is 19.3 Å². The number of nitrogens with one attached hydrogen (secondary N) is 2. The Balaban J connectivity index is 0.00000162. The maximum absolute atomic E-state index is 11.7. The Morgan fingerprint density at radius 2 is 1.94 bits per heavy atom.